The van der Waals surface area contributed by atoms with Gasteiger partial charge in [0.25, 0.3) is 0 Å². The number of H-pyrrole nitrogens is 1. The van der Waals surface area contributed by atoms with E-state index in [9.17, 15) is 4.79 Å². The van der Waals surface area contributed by atoms with E-state index in [1.54, 1.807) is 6.20 Å². The summed E-state index contributed by atoms with van der Waals surface area (Å²) >= 11 is 0. The Balaban J connectivity index is 1.45. The summed E-state index contributed by atoms with van der Waals surface area (Å²) in [6, 6.07) is 6.49. The summed E-state index contributed by atoms with van der Waals surface area (Å²) in [6.07, 6.45) is 10.6. The van der Waals surface area contributed by atoms with Gasteiger partial charge in [-0.25, -0.2) is 4.98 Å². The maximum absolute atomic E-state index is 12.3. The van der Waals surface area contributed by atoms with Gasteiger partial charge in [0, 0.05) is 42.0 Å². The average molecular weight is 350 g/mol. The highest BCUT2D eigenvalue weighted by Gasteiger charge is 2.14. The smallest absolute Gasteiger partial charge is 0.240 e. The van der Waals surface area contributed by atoms with Crippen LogP contribution in [0.5, 0.6) is 0 Å². The van der Waals surface area contributed by atoms with E-state index in [1.807, 2.05) is 17.7 Å². The predicted octanol–water partition coefficient (Wildman–Crippen LogP) is 3.51. The molecule has 0 saturated heterocycles. The van der Waals surface area contributed by atoms with Gasteiger partial charge in [0.2, 0.25) is 5.91 Å². The van der Waals surface area contributed by atoms with Gasteiger partial charge in [-0.15, -0.1) is 0 Å². The number of imidazole rings is 1. The van der Waals surface area contributed by atoms with Crippen molar-refractivity contribution in [1.29, 1.82) is 0 Å². The maximum Gasteiger partial charge on any atom is 0.240 e. The van der Waals surface area contributed by atoms with Crippen LogP contribution in [0.3, 0.4) is 0 Å². The monoisotopic (exact) mass is 350 g/mol. The van der Waals surface area contributed by atoms with Crippen LogP contribution in [0.15, 0.2) is 30.6 Å². The van der Waals surface area contributed by atoms with Gasteiger partial charge in [0.1, 0.15) is 12.4 Å². The number of amides is 1. The highest BCUT2D eigenvalue weighted by molar-refractivity contribution is 5.85. The number of aromatic amines is 1. The first-order valence-corrected chi connectivity index (χ1v) is 9.63. The molecule has 0 radical (unpaired) electrons. The van der Waals surface area contributed by atoms with Crippen molar-refractivity contribution in [1.82, 2.24) is 19.9 Å². The van der Waals surface area contributed by atoms with E-state index in [0.29, 0.717) is 13.1 Å². The topological polar surface area (TPSA) is 62.7 Å². The first kappa shape index (κ1) is 16.9. The van der Waals surface area contributed by atoms with Crippen LogP contribution in [0.4, 0.5) is 0 Å². The molecular weight excluding hydrogens is 324 g/mol. The molecule has 2 N–H and O–H groups in total. The van der Waals surface area contributed by atoms with Crippen molar-refractivity contribution in [2.75, 3.05) is 0 Å². The number of carbonyl (C=O) groups excluding carboxylic acids is 1. The molecule has 2 aromatic heterocycles. The first-order valence-electron chi connectivity index (χ1n) is 9.63. The summed E-state index contributed by atoms with van der Waals surface area (Å²) in [6.45, 7) is 2.93. The van der Waals surface area contributed by atoms with Gasteiger partial charge in [-0.05, 0) is 48.9 Å². The molecule has 0 unspecified atom stereocenters. The standard InChI is InChI=1S/C21H26N4O/c1-2-20-22-10-11-25(20)14-21(26)23-13-15-8-9-19-17(12-15)16-6-4-3-5-7-18(16)24-19/h8-12,24H,2-7,13-14H2,1H3,(H,23,26). The summed E-state index contributed by atoms with van der Waals surface area (Å²) in [5.74, 6) is 0.960. The fraction of sp³-hybridized carbons (Fsp3) is 0.429. The van der Waals surface area contributed by atoms with E-state index in [0.717, 1.165) is 30.7 Å². The number of rotatable bonds is 5. The van der Waals surface area contributed by atoms with Crippen molar-refractivity contribution in [2.24, 2.45) is 0 Å². The van der Waals surface area contributed by atoms with Crippen molar-refractivity contribution in [3.63, 3.8) is 0 Å². The number of hydrogen-bond acceptors (Lipinski definition) is 2. The number of carbonyl (C=O) groups is 1. The largest absolute Gasteiger partial charge is 0.358 e. The Hall–Kier alpha value is -2.56. The fourth-order valence-electron chi connectivity index (χ4n) is 3.95. The minimum Gasteiger partial charge on any atom is -0.358 e. The zero-order valence-corrected chi connectivity index (χ0v) is 15.3. The van der Waals surface area contributed by atoms with Crippen molar-refractivity contribution in [3.05, 3.63) is 53.2 Å². The third-order valence-corrected chi connectivity index (χ3v) is 5.33. The van der Waals surface area contributed by atoms with Crippen LogP contribution >= 0.6 is 0 Å². The summed E-state index contributed by atoms with van der Waals surface area (Å²) < 4.78 is 1.91. The molecule has 3 aromatic rings. The minimum absolute atomic E-state index is 0.0192. The van der Waals surface area contributed by atoms with Gasteiger partial charge in [0.05, 0.1) is 0 Å². The number of aromatic nitrogens is 3. The molecule has 5 heteroatoms. The average Bonchev–Trinajstić information content (AvgIpc) is 3.16. The molecule has 0 spiro atoms. The zero-order chi connectivity index (χ0) is 17.9. The molecular formula is C21H26N4O. The van der Waals surface area contributed by atoms with Crippen molar-refractivity contribution < 1.29 is 4.79 Å². The second kappa shape index (κ2) is 7.36. The molecule has 0 aliphatic heterocycles. The fourth-order valence-corrected chi connectivity index (χ4v) is 3.95. The molecule has 136 valence electrons. The lowest BCUT2D eigenvalue weighted by Crippen LogP contribution is -2.27. The molecule has 2 heterocycles. The van der Waals surface area contributed by atoms with Crippen LogP contribution < -0.4 is 5.32 Å². The molecule has 1 aliphatic rings. The van der Waals surface area contributed by atoms with E-state index in [-0.39, 0.29) is 5.91 Å². The highest BCUT2D eigenvalue weighted by Crippen LogP contribution is 2.29. The summed E-state index contributed by atoms with van der Waals surface area (Å²) in [7, 11) is 0. The van der Waals surface area contributed by atoms with Crippen LogP contribution in [0.25, 0.3) is 10.9 Å². The number of nitrogens with one attached hydrogen (secondary N) is 2. The Morgan fingerprint density at radius 1 is 1.27 bits per heavy atom. The Morgan fingerprint density at radius 2 is 2.15 bits per heavy atom. The van der Waals surface area contributed by atoms with Crippen LogP contribution in [-0.4, -0.2) is 20.4 Å². The van der Waals surface area contributed by atoms with Crippen LogP contribution in [0.2, 0.25) is 0 Å². The van der Waals surface area contributed by atoms with Gasteiger partial charge >= 0.3 is 0 Å². The highest BCUT2D eigenvalue weighted by atomic mass is 16.1. The van der Waals surface area contributed by atoms with E-state index >= 15 is 0 Å². The Morgan fingerprint density at radius 3 is 3.04 bits per heavy atom. The predicted molar refractivity (Wildman–Crippen MR) is 103 cm³/mol. The molecule has 0 bridgehead atoms. The molecule has 0 saturated carbocycles. The zero-order valence-electron chi connectivity index (χ0n) is 15.3. The lowest BCUT2D eigenvalue weighted by Gasteiger charge is -2.08. The van der Waals surface area contributed by atoms with Gasteiger partial charge < -0.3 is 14.9 Å². The lowest BCUT2D eigenvalue weighted by atomic mass is 10.0. The number of fused-ring (bicyclic) bond motifs is 3. The molecule has 26 heavy (non-hydrogen) atoms. The minimum atomic E-state index is 0.0192. The molecule has 1 aliphatic carbocycles. The van der Waals surface area contributed by atoms with Crippen LogP contribution in [-0.2, 0) is 37.1 Å². The molecule has 0 fully saturated rings. The molecule has 4 rings (SSSR count). The second-order valence-corrected chi connectivity index (χ2v) is 7.12. The van der Waals surface area contributed by atoms with Gasteiger partial charge in [-0.3, -0.25) is 4.79 Å². The van der Waals surface area contributed by atoms with Gasteiger partial charge in [-0.1, -0.05) is 19.4 Å². The molecule has 1 amide bonds. The van der Waals surface area contributed by atoms with Crippen LogP contribution in [0, 0.1) is 0 Å². The van der Waals surface area contributed by atoms with Crippen molar-refractivity contribution >= 4 is 16.8 Å². The van der Waals surface area contributed by atoms with E-state index in [4.69, 9.17) is 0 Å². The van der Waals surface area contributed by atoms with E-state index < -0.39 is 0 Å². The Kier molecular flexibility index (Phi) is 4.78. The van der Waals surface area contributed by atoms with Crippen LogP contribution in [0.1, 0.15) is 48.8 Å². The third-order valence-electron chi connectivity index (χ3n) is 5.33. The summed E-state index contributed by atoms with van der Waals surface area (Å²) in [5.41, 5.74) is 5.26. The Labute approximate surface area is 153 Å². The van der Waals surface area contributed by atoms with Crippen molar-refractivity contribution in [3.8, 4) is 0 Å². The van der Waals surface area contributed by atoms with E-state index in [1.165, 1.54) is 41.4 Å². The molecule has 5 nitrogen and oxygen atoms in total. The SMILES string of the molecule is CCc1nccn1CC(=O)NCc1ccc2[nH]c3c(c2c1)CCCCC3. The Bertz CT molecular complexity index is 921. The second-order valence-electron chi connectivity index (χ2n) is 7.12. The number of nitrogens with zero attached hydrogens (tertiary/aromatic N) is 2. The number of benzene rings is 1. The van der Waals surface area contributed by atoms with Gasteiger partial charge in [0.15, 0.2) is 0 Å². The summed E-state index contributed by atoms with van der Waals surface area (Å²) in [4.78, 5) is 20.1. The van der Waals surface area contributed by atoms with E-state index in [2.05, 4.69) is 33.5 Å². The van der Waals surface area contributed by atoms with Crippen molar-refractivity contribution in [2.45, 2.75) is 58.5 Å². The molecule has 1 aromatic carbocycles. The first-order chi connectivity index (χ1) is 12.7. The number of aryl methyl sites for hydroxylation is 3. The summed E-state index contributed by atoms with van der Waals surface area (Å²) in [5, 5.41) is 4.37. The van der Waals surface area contributed by atoms with Gasteiger partial charge in [-0.2, -0.15) is 0 Å². The molecule has 0 atom stereocenters. The third kappa shape index (κ3) is 3.39. The quantitative estimate of drug-likeness (QED) is 0.692. The normalized spacial score (nSPS) is 14.2. The number of hydrogen-bond donors (Lipinski definition) is 2. The lowest BCUT2D eigenvalue weighted by molar-refractivity contribution is -0.121. The maximum atomic E-state index is 12.3.